The highest BCUT2D eigenvalue weighted by Crippen LogP contribution is 2.45. The molecule has 1 aliphatic heterocycles. The SMILES string of the molecule is N#Cc1cccnc1N1CCN(c2cccc3c2-c2nc(N)nc(-c4ccccc4)c2C3=O)CC1. The Kier molecular flexibility index (Phi) is 4.89. The van der Waals surface area contributed by atoms with Gasteiger partial charge in [-0.25, -0.2) is 15.0 Å². The summed E-state index contributed by atoms with van der Waals surface area (Å²) in [5.41, 5.74) is 11.6. The first-order valence-corrected chi connectivity index (χ1v) is 11.4. The smallest absolute Gasteiger partial charge is 0.221 e. The van der Waals surface area contributed by atoms with E-state index in [1.165, 1.54) is 0 Å². The fourth-order valence-corrected chi connectivity index (χ4v) is 4.95. The van der Waals surface area contributed by atoms with Crippen LogP contribution in [0.15, 0.2) is 66.9 Å². The monoisotopic (exact) mass is 459 g/mol. The van der Waals surface area contributed by atoms with Crippen LogP contribution < -0.4 is 15.5 Å². The lowest BCUT2D eigenvalue weighted by atomic mass is 10.0. The van der Waals surface area contributed by atoms with Gasteiger partial charge in [0.05, 0.1) is 22.5 Å². The van der Waals surface area contributed by atoms with Crippen molar-refractivity contribution < 1.29 is 4.79 Å². The molecule has 2 N–H and O–H groups in total. The third kappa shape index (κ3) is 3.37. The number of hydrogen-bond donors (Lipinski definition) is 1. The summed E-state index contributed by atoms with van der Waals surface area (Å²) in [5.74, 6) is 0.769. The normalized spacial score (nSPS) is 14.4. The molecule has 0 spiro atoms. The molecule has 2 aromatic heterocycles. The summed E-state index contributed by atoms with van der Waals surface area (Å²) in [6, 6.07) is 21.2. The molecule has 1 saturated heterocycles. The van der Waals surface area contributed by atoms with Crippen LogP contribution >= 0.6 is 0 Å². The number of anilines is 3. The maximum Gasteiger partial charge on any atom is 0.221 e. The third-order valence-corrected chi connectivity index (χ3v) is 6.55. The number of nitrogen functional groups attached to an aromatic ring is 1. The Morgan fingerprint density at radius 3 is 2.34 bits per heavy atom. The highest BCUT2D eigenvalue weighted by Gasteiger charge is 2.36. The van der Waals surface area contributed by atoms with Crippen LogP contribution in [0.4, 0.5) is 17.5 Å². The van der Waals surface area contributed by atoms with Crippen LogP contribution in [0.2, 0.25) is 0 Å². The summed E-state index contributed by atoms with van der Waals surface area (Å²) in [6.07, 6.45) is 1.71. The summed E-state index contributed by atoms with van der Waals surface area (Å²) in [4.78, 5) is 31.3. The van der Waals surface area contributed by atoms with Gasteiger partial charge in [-0.05, 0) is 18.2 Å². The second kappa shape index (κ2) is 8.22. The highest BCUT2D eigenvalue weighted by molar-refractivity contribution is 6.25. The molecule has 2 aromatic carbocycles. The Hall–Kier alpha value is -4.77. The van der Waals surface area contributed by atoms with Crippen LogP contribution in [0.3, 0.4) is 0 Å². The van der Waals surface area contributed by atoms with Crippen LogP contribution in [0.25, 0.3) is 22.5 Å². The summed E-state index contributed by atoms with van der Waals surface area (Å²) in [5, 5.41) is 9.45. The van der Waals surface area contributed by atoms with E-state index in [-0.39, 0.29) is 11.7 Å². The number of nitrogens with two attached hydrogens (primary N) is 1. The minimum atomic E-state index is -0.0820. The zero-order chi connectivity index (χ0) is 23.9. The number of carbonyl (C=O) groups excluding carboxylic acids is 1. The van der Waals surface area contributed by atoms with Crippen LogP contribution in [-0.4, -0.2) is 46.9 Å². The average molecular weight is 460 g/mol. The number of nitriles is 1. The van der Waals surface area contributed by atoms with E-state index in [2.05, 4.69) is 30.8 Å². The lowest BCUT2D eigenvalue weighted by Gasteiger charge is -2.37. The topological polar surface area (TPSA) is 112 Å². The Morgan fingerprint density at radius 2 is 1.57 bits per heavy atom. The maximum absolute atomic E-state index is 13.5. The Bertz CT molecular complexity index is 1500. The van der Waals surface area contributed by atoms with Crippen molar-refractivity contribution in [1.29, 1.82) is 5.26 Å². The highest BCUT2D eigenvalue weighted by atomic mass is 16.1. The van der Waals surface area contributed by atoms with Gasteiger partial charge in [-0.15, -0.1) is 0 Å². The van der Waals surface area contributed by atoms with E-state index in [1.54, 1.807) is 18.3 Å². The molecule has 1 fully saturated rings. The molecule has 8 nitrogen and oxygen atoms in total. The lowest BCUT2D eigenvalue weighted by molar-refractivity contribution is 0.104. The molecule has 3 heterocycles. The minimum Gasteiger partial charge on any atom is -0.368 e. The quantitative estimate of drug-likeness (QED) is 0.436. The van der Waals surface area contributed by atoms with E-state index in [9.17, 15) is 10.1 Å². The van der Waals surface area contributed by atoms with Crippen molar-refractivity contribution >= 4 is 23.2 Å². The number of ketones is 1. The molecule has 35 heavy (non-hydrogen) atoms. The van der Waals surface area contributed by atoms with Gasteiger partial charge in [-0.1, -0.05) is 42.5 Å². The first-order valence-electron chi connectivity index (χ1n) is 11.4. The van der Waals surface area contributed by atoms with Crippen LogP contribution in [-0.2, 0) is 0 Å². The van der Waals surface area contributed by atoms with Crippen LogP contribution in [0.5, 0.6) is 0 Å². The van der Waals surface area contributed by atoms with E-state index in [4.69, 9.17) is 5.73 Å². The van der Waals surface area contributed by atoms with Gasteiger partial charge in [0.15, 0.2) is 5.78 Å². The molecule has 170 valence electrons. The van der Waals surface area contributed by atoms with Crippen molar-refractivity contribution in [3.05, 3.63) is 83.6 Å². The first-order chi connectivity index (χ1) is 17.2. The van der Waals surface area contributed by atoms with Gasteiger partial charge < -0.3 is 15.5 Å². The van der Waals surface area contributed by atoms with Gasteiger partial charge in [0.25, 0.3) is 0 Å². The minimum absolute atomic E-state index is 0.0820. The molecule has 0 atom stereocenters. The Labute approximate surface area is 202 Å². The average Bonchev–Trinajstić information content (AvgIpc) is 3.20. The van der Waals surface area contributed by atoms with Crippen molar-refractivity contribution in [2.24, 2.45) is 0 Å². The molecule has 0 amide bonds. The molecule has 2 aliphatic rings. The summed E-state index contributed by atoms with van der Waals surface area (Å²) >= 11 is 0. The summed E-state index contributed by atoms with van der Waals surface area (Å²) in [6.45, 7) is 2.84. The van der Waals surface area contributed by atoms with Crippen molar-refractivity contribution in [2.75, 3.05) is 41.7 Å². The molecule has 6 rings (SSSR count). The summed E-state index contributed by atoms with van der Waals surface area (Å²) < 4.78 is 0. The standard InChI is InChI=1S/C27H21N7O/c28-16-18-8-5-11-30-26(18)34-14-12-33(13-15-34)20-10-4-9-19-21(20)24-22(25(19)35)23(31-27(29)32-24)17-6-2-1-3-7-17/h1-11H,12-15H2,(H2,29,31,32). The molecule has 4 aromatic rings. The molecule has 1 aliphatic carbocycles. The first kappa shape index (κ1) is 20.8. The number of benzene rings is 2. The number of hydrogen-bond acceptors (Lipinski definition) is 8. The number of fused-ring (bicyclic) bond motifs is 3. The zero-order valence-electron chi connectivity index (χ0n) is 18.8. The van der Waals surface area contributed by atoms with Gasteiger partial charge in [0, 0.05) is 54.8 Å². The van der Waals surface area contributed by atoms with E-state index in [0.29, 0.717) is 60.1 Å². The molecular formula is C27H21N7O. The van der Waals surface area contributed by atoms with E-state index in [0.717, 1.165) is 16.8 Å². The predicted molar refractivity (Wildman–Crippen MR) is 134 cm³/mol. The van der Waals surface area contributed by atoms with Gasteiger partial charge in [-0.2, -0.15) is 5.26 Å². The van der Waals surface area contributed by atoms with Crippen molar-refractivity contribution in [3.63, 3.8) is 0 Å². The summed E-state index contributed by atoms with van der Waals surface area (Å²) in [7, 11) is 0. The molecule has 0 bridgehead atoms. The van der Waals surface area contributed by atoms with Gasteiger partial charge in [0.1, 0.15) is 11.9 Å². The van der Waals surface area contributed by atoms with E-state index >= 15 is 0 Å². The largest absolute Gasteiger partial charge is 0.368 e. The van der Waals surface area contributed by atoms with E-state index in [1.807, 2.05) is 48.5 Å². The lowest BCUT2D eigenvalue weighted by Crippen LogP contribution is -2.47. The van der Waals surface area contributed by atoms with Crippen LogP contribution in [0, 0.1) is 11.3 Å². The fourth-order valence-electron chi connectivity index (χ4n) is 4.95. The Morgan fingerprint density at radius 1 is 0.829 bits per heavy atom. The third-order valence-electron chi connectivity index (χ3n) is 6.55. The predicted octanol–water partition coefficient (Wildman–Crippen LogP) is 3.53. The number of piperazine rings is 1. The number of nitrogens with zero attached hydrogens (tertiary/aromatic N) is 6. The van der Waals surface area contributed by atoms with Crippen molar-refractivity contribution in [2.45, 2.75) is 0 Å². The number of carbonyl (C=O) groups is 1. The molecular weight excluding hydrogens is 438 g/mol. The molecule has 0 radical (unpaired) electrons. The van der Waals surface area contributed by atoms with Gasteiger partial charge >= 0.3 is 0 Å². The van der Waals surface area contributed by atoms with Crippen LogP contribution in [0.1, 0.15) is 21.5 Å². The van der Waals surface area contributed by atoms with Gasteiger partial charge in [0.2, 0.25) is 5.95 Å². The second-order valence-corrected chi connectivity index (χ2v) is 8.51. The number of rotatable bonds is 3. The second-order valence-electron chi connectivity index (χ2n) is 8.51. The maximum atomic E-state index is 13.5. The Balaban J connectivity index is 1.38. The number of pyridine rings is 1. The number of aromatic nitrogens is 3. The fraction of sp³-hybridized carbons (Fsp3) is 0.148. The van der Waals surface area contributed by atoms with E-state index < -0.39 is 0 Å². The van der Waals surface area contributed by atoms with Gasteiger partial charge in [-0.3, -0.25) is 4.79 Å². The molecule has 0 unspecified atom stereocenters. The zero-order valence-corrected chi connectivity index (χ0v) is 18.8. The van der Waals surface area contributed by atoms with Crippen molar-refractivity contribution in [3.8, 4) is 28.6 Å². The molecule has 8 heteroatoms. The molecule has 0 saturated carbocycles. The van der Waals surface area contributed by atoms with Crippen molar-refractivity contribution in [1.82, 2.24) is 15.0 Å².